The van der Waals surface area contributed by atoms with Gasteiger partial charge in [0.05, 0.1) is 20.1 Å². The van der Waals surface area contributed by atoms with Crippen LogP contribution in [-0.4, -0.2) is 25.7 Å². The van der Waals surface area contributed by atoms with E-state index in [0.29, 0.717) is 0 Å². The van der Waals surface area contributed by atoms with Crippen molar-refractivity contribution in [3.63, 3.8) is 0 Å². The summed E-state index contributed by atoms with van der Waals surface area (Å²) in [7, 11) is 1.39. The third-order valence-corrected chi connectivity index (χ3v) is 2.07. The highest BCUT2D eigenvalue weighted by atomic mass is 17.2. The Morgan fingerprint density at radius 3 is 2.71 bits per heavy atom. The molecule has 0 fully saturated rings. The third kappa shape index (κ3) is 6.01. The number of carbonyl (C=O) groups is 1. The van der Waals surface area contributed by atoms with Gasteiger partial charge in [-0.2, -0.15) is 0 Å². The van der Waals surface area contributed by atoms with Crippen molar-refractivity contribution in [1.82, 2.24) is 0 Å². The fourth-order valence-electron chi connectivity index (χ4n) is 1.23. The summed E-state index contributed by atoms with van der Waals surface area (Å²) in [5, 5.41) is 0. The minimum Gasteiger partial charge on any atom is -0.461 e. The summed E-state index contributed by atoms with van der Waals surface area (Å²) < 4.78 is 5.06. The first-order valence-electron chi connectivity index (χ1n) is 5.33. The molecule has 0 amide bonds. The Hall–Kier alpha value is -1.43. The highest BCUT2D eigenvalue weighted by Crippen LogP contribution is 2.02. The first-order chi connectivity index (χ1) is 8.22. The zero-order chi connectivity index (χ0) is 12.5. The number of benzene rings is 1. The van der Waals surface area contributed by atoms with E-state index in [1.54, 1.807) is 0 Å². The Balaban J connectivity index is 2.21. The second-order valence-corrected chi connectivity index (χ2v) is 3.56. The molecule has 0 radical (unpaired) electrons. The summed E-state index contributed by atoms with van der Waals surface area (Å²) in [4.78, 5) is 20.4. The van der Waals surface area contributed by atoms with Crippen molar-refractivity contribution in [2.24, 2.45) is 5.73 Å². The topological polar surface area (TPSA) is 70.8 Å². The zero-order valence-corrected chi connectivity index (χ0v) is 9.80. The van der Waals surface area contributed by atoms with Gasteiger partial charge in [0.2, 0.25) is 0 Å². The lowest BCUT2D eigenvalue weighted by Crippen LogP contribution is -2.29. The van der Waals surface area contributed by atoms with Crippen molar-refractivity contribution in [1.29, 1.82) is 0 Å². The van der Waals surface area contributed by atoms with Gasteiger partial charge in [0.25, 0.3) is 0 Å². The van der Waals surface area contributed by atoms with Crippen LogP contribution in [0.3, 0.4) is 0 Å². The zero-order valence-electron chi connectivity index (χ0n) is 9.80. The molecule has 0 aromatic heterocycles. The molecule has 0 aliphatic heterocycles. The Morgan fingerprint density at radius 2 is 2.06 bits per heavy atom. The molecule has 0 unspecified atom stereocenters. The fourth-order valence-corrected chi connectivity index (χ4v) is 1.23. The van der Waals surface area contributed by atoms with Crippen LogP contribution in [0, 0.1) is 0 Å². The Labute approximate surface area is 100 Å². The number of carbonyl (C=O) groups excluding carboxylic acids is 1. The lowest BCUT2D eigenvalue weighted by atomic mass is 10.2. The SMILES string of the molecule is COOC[C@@H](N)CC(=O)OCc1ccccc1. The van der Waals surface area contributed by atoms with E-state index in [1.165, 1.54) is 7.11 Å². The van der Waals surface area contributed by atoms with Gasteiger partial charge in [0.15, 0.2) is 0 Å². The molecular weight excluding hydrogens is 222 g/mol. The number of ether oxygens (including phenoxy) is 1. The minimum atomic E-state index is -0.418. The van der Waals surface area contributed by atoms with Gasteiger partial charge in [-0.25, -0.2) is 9.78 Å². The van der Waals surface area contributed by atoms with Gasteiger partial charge >= 0.3 is 5.97 Å². The molecule has 1 aromatic rings. The lowest BCUT2D eigenvalue weighted by molar-refractivity contribution is -0.274. The summed E-state index contributed by atoms with van der Waals surface area (Å²) in [5.74, 6) is -0.346. The molecule has 94 valence electrons. The molecule has 5 nitrogen and oxygen atoms in total. The monoisotopic (exact) mass is 239 g/mol. The maximum atomic E-state index is 11.4. The van der Waals surface area contributed by atoms with E-state index in [2.05, 4.69) is 9.78 Å². The molecule has 1 atom stereocenters. The molecule has 2 N–H and O–H groups in total. The fraction of sp³-hybridized carbons (Fsp3) is 0.417. The summed E-state index contributed by atoms with van der Waals surface area (Å²) in [6, 6.07) is 9.05. The summed E-state index contributed by atoms with van der Waals surface area (Å²) in [6.45, 7) is 0.425. The predicted molar refractivity (Wildman–Crippen MR) is 61.8 cm³/mol. The van der Waals surface area contributed by atoms with Gasteiger partial charge in [-0.05, 0) is 5.56 Å². The van der Waals surface area contributed by atoms with Gasteiger partial charge in [-0.15, -0.1) is 0 Å². The number of esters is 1. The van der Waals surface area contributed by atoms with Gasteiger partial charge in [0.1, 0.15) is 6.61 Å². The lowest BCUT2D eigenvalue weighted by Gasteiger charge is -2.10. The van der Waals surface area contributed by atoms with Crippen LogP contribution in [-0.2, 0) is 25.9 Å². The summed E-state index contributed by atoms with van der Waals surface area (Å²) in [5.41, 5.74) is 6.57. The van der Waals surface area contributed by atoms with E-state index in [4.69, 9.17) is 10.5 Å². The molecule has 1 rings (SSSR count). The first-order valence-corrected chi connectivity index (χ1v) is 5.33. The Morgan fingerprint density at radius 1 is 1.35 bits per heavy atom. The highest BCUT2D eigenvalue weighted by Gasteiger charge is 2.11. The number of hydrogen-bond acceptors (Lipinski definition) is 5. The number of rotatable bonds is 7. The molecule has 0 aliphatic carbocycles. The molecule has 0 spiro atoms. The van der Waals surface area contributed by atoms with Gasteiger partial charge in [0, 0.05) is 6.04 Å². The van der Waals surface area contributed by atoms with Crippen LogP contribution in [0.5, 0.6) is 0 Å². The van der Waals surface area contributed by atoms with Crippen LogP contribution in [0.2, 0.25) is 0 Å². The molecule has 0 heterocycles. The second-order valence-electron chi connectivity index (χ2n) is 3.56. The van der Waals surface area contributed by atoms with Crippen LogP contribution >= 0.6 is 0 Å². The Kier molecular flexibility index (Phi) is 6.24. The van der Waals surface area contributed by atoms with Gasteiger partial charge in [-0.1, -0.05) is 30.3 Å². The first kappa shape index (κ1) is 13.6. The molecule has 5 heteroatoms. The summed E-state index contributed by atoms with van der Waals surface area (Å²) in [6.07, 6.45) is 0.107. The van der Waals surface area contributed by atoms with Crippen molar-refractivity contribution in [3.8, 4) is 0 Å². The van der Waals surface area contributed by atoms with E-state index >= 15 is 0 Å². The summed E-state index contributed by atoms with van der Waals surface area (Å²) >= 11 is 0. The van der Waals surface area contributed by atoms with E-state index in [1.807, 2.05) is 30.3 Å². The quantitative estimate of drug-likeness (QED) is 0.437. The van der Waals surface area contributed by atoms with E-state index in [9.17, 15) is 4.79 Å². The minimum absolute atomic E-state index is 0.107. The molecule has 0 saturated heterocycles. The normalized spacial score (nSPS) is 12.1. The molecular formula is C12H17NO4. The van der Waals surface area contributed by atoms with Crippen molar-refractivity contribution >= 4 is 5.97 Å². The van der Waals surface area contributed by atoms with Crippen LogP contribution in [0.15, 0.2) is 30.3 Å². The largest absolute Gasteiger partial charge is 0.461 e. The van der Waals surface area contributed by atoms with Crippen molar-refractivity contribution < 1.29 is 19.3 Å². The van der Waals surface area contributed by atoms with E-state index in [-0.39, 0.29) is 25.6 Å². The maximum Gasteiger partial charge on any atom is 0.307 e. The smallest absolute Gasteiger partial charge is 0.307 e. The van der Waals surface area contributed by atoms with Gasteiger partial charge in [-0.3, -0.25) is 4.79 Å². The van der Waals surface area contributed by atoms with Crippen LogP contribution < -0.4 is 5.73 Å². The second kappa shape index (κ2) is 7.78. The number of nitrogens with two attached hydrogens (primary N) is 1. The van der Waals surface area contributed by atoms with E-state index < -0.39 is 6.04 Å². The molecule has 0 saturated carbocycles. The average Bonchev–Trinajstić information content (AvgIpc) is 2.35. The van der Waals surface area contributed by atoms with Crippen molar-refractivity contribution in [2.45, 2.75) is 19.1 Å². The predicted octanol–water partition coefficient (Wildman–Crippen LogP) is 1.03. The average molecular weight is 239 g/mol. The Bertz CT molecular complexity index is 329. The van der Waals surface area contributed by atoms with Crippen molar-refractivity contribution in [3.05, 3.63) is 35.9 Å². The third-order valence-electron chi connectivity index (χ3n) is 2.07. The van der Waals surface area contributed by atoms with Gasteiger partial charge < -0.3 is 10.5 Å². The van der Waals surface area contributed by atoms with Crippen LogP contribution in [0.25, 0.3) is 0 Å². The van der Waals surface area contributed by atoms with Crippen LogP contribution in [0.4, 0.5) is 0 Å². The molecule has 0 aliphatic rings. The van der Waals surface area contributed by atoms with E-state index in [0.717, 1.165) is 5.56 Å². The van der Waals surface area contributed by atoms with Crippen molar-refractivity contribution in [2.75, 3.05) is 13.7 Å². The molecule has 0 bridgehead atoms. The maximum absolute atomic E-state index is 11.4. The highest BCUT2D eigenvalue weighted by molar-refractivity contribution is 5.70. The number of hydrogen-bond donors (Lipinski definition) is 1. The standard InChI is InChI=1S/C12H17NO4/c1-15-17-9-11(13)7-12(14)16-8-10-5-3-2-4-6-10/h2-6,11H,7-9,13H2,1H3/t11-/m0/s1. The molecule has 17 heavy (non-hydrogen) atoms. The van der Waals surface area contributed by atoms with Crippen LogP contribution in [0.1, 0.15) is 12.0 Å². The molecule has 1 aromatic carbocycles.